The topological polar surface area (TPSA) is 59.1 Å². The van der Waals surface area contributed by atoms with Crippen molar-refractivity contribution in [2.75, 3.05) is 4.72 Å². The van der Waals surface area contributed by atoms with Gasteiger partial charge in [0, 0.05) is 5.56 Å². The van der Waals surface area contributed by atoms with Crippen molar-refractivity contribution >= 4 is 48.9 Å². The van der Waals surface area contributed by atoms with Crippen LogP contribution in [-0.4, -0.2) is 13.4 Å². The van der Waals surface area contributed by atoms with E-state index in [9.17, 15) is 8.42 Å². The molecule has 4 nitrogen and oxygen atoms in total. The normalized spacial score (nSPS) is 11.7. The molecule has 0 saturated carbocycles. The Morgan fingerprint density at radius 3 is 2.54 bits per heavy atom. The lowest BCUT2D eigenvalue weighted by Crippen LogP contribution is -2.14. The molecule has 4 aromatic rings. The van der Waals surface area contributed by atoms with Crippen LogP contribution in [-0.2, 0) is 10.0 Å². The molecule has 142 valence electrons. The number of nitrogens with one attached hydrogen (secondary N) is 1. The van der Waals surface area contributed by atoms with Gasteiger partial charge in [-0.05, 0) is 61.4 Å². The molecular weight excluding hydrogens is 412 g/mol. The third-order valence-corrected chi connectivity index (χ3v) is 7.28. The Labute approximate surface area is 172 Å². The summed E-state index contributed by atoms with van der Waals surface area (Å²) in [5.41, 5.74) is 3.97. The molecule has 3 aromatic carbocycles. The fraction of sp³-hybridized carbons (Fsp3) is 0.0952. The van der Waals surface area contributed by atoms with Crippen LogP contribution in [0.4, 0.5) is 5.69 Å². The molecule has 0 bridgehead atoms. The third-order valence-electron chi connectivity index (χ3n) is 4.38. The number of sulfonamides is 1. The minimum atomic E-state index is -3.69. The summed E-state index contributed by atoms with van der Waals surface area (Å²) < 4.78 is 29.0. The highest BCUT2D eigenvalue weighted by atomic mass is 35.5. The van der Waals surface area contributed by atoms with Crippen LogP contribution in [0.3, 0.4) is 0 Å². The van der Waals surface area contributed by atoms with E-state index in [0.29, 0.717) is 16.3 Å². The first-order valence-corrected chi connectivity index (χ1v) is 11.3. The van der Waals surface area contributed by atoms with Crippen molar-refractivity contribution in [1.29, 1.82) is 0 Å². The van der Waals surface area contributed by atoms with Gasteiger partial charge in [-0.2, -0.15) is 0 Å². The van der Waals surface area contributed by atoms with Gasteiger partial charge >= 0.3 is 0 Å². The molecule has 0 aliphatic rings. The molecule has 7 heteroatoms. The van der Waals surface area contributed by atoms with E-state index in [0.717, 1.165) is 20.8 Å². The first-order chi connectivity index (χ1) is 13.3. The molecule has 0 unspecified atom stereocenters. The highest BCUT2D eigenvalue weighted by molar-refractivity contribution is 7.92. The number of rotatable bonds is 4. The molecule has 0 saturated heterocycles. The molecule has 4 rings (SSSR count). The van der Waals surface area contributed by atoms with Crippen LogP contribution < -0.4 is 4.72 Å². The van der Waals surface area contributed by atoms with E-state index in [-0.39, 0.29) is 4.90 Å². The van der Waals surface area contributed by atoms with Crippen LogP contribution in [0.1, 0.15) is 11.1 Å². The van der Waals surface area contributed by atoms with Crippen LogP contribution in [0, 0.1) is 13.8 Å². The molecule has 1 heterocycles. The smallest absolute Gasteiger partial charge is 0.262 e. The van der Waals surface area contributed by atoms with Gasteiger partial charge in [-0.15, -0.1) is 11.3 Å². The summed E-state index contributed by atoms with van der Waals surface area (Å²) in [6.45, 7) is 3.81. The molecule has 0 radical (unpaired) electrons. The number of aromatic nitrogens is 1. The van der Waals surface area contributed by atoms with Gasteiger partial charge in [0.15, 0.2) is 0 Å². The first kappa shape index (κ1) is 18.9. The minimum Gasteiger partial charge on any atom is -0.280 e. The molecule has 0 aliphatic carbocycles. The first-order valence-electron chi connectivity index (χ1n) is 8.59. The summed E-state index contributed by atoms with van der Waals surface area (Å²) in [6, 6.07) is 18.1. The average Bonchev–Trinajstić information content (AvgIpc) is 3.04. The fourth-order valence-corrected chi connectivity index (χ4v) is 5.69. The number of anilines is 1. The maximum absolute atomic E-state index is 12.7. The van der Waals surface area contributed by atoms with Gasteiger partial charge in [0.25, 0.3) is 10.0 Å². The van der Waals surface area contributed by atoms with E-state index < -0.39 is 10.0 Å². The number of thiazole rings is 1. The predicted octanol–water partition coefficient (Wildman–Crippen LogP) is 6.03. The SMILES string of the molecule is Cc1ccc2nc(-c3ccc(NS(=O)(=O)c4ccccc4C)cc3Cl)sc2c1. The third kappa shape index (κ3) is 3.63. The summed E-state index contributed by atoms with van der Waals surface area (Å²) in [6.07, 6.45) is 0. The molecular formula is C21H17ClN2O2S2. The van der Waals surface area contributed by atoms with Crippen molar-refractivity contribution in [1.82, 2.24) is 4.98 Å². The van der Waals surface area contributed by atoms with Gasteiger partial charge in [-0.1, -0.05) is 35.9 Å². The Morgan fingerprint density at radius 1 is 1.00 bits per heavy atom. The van der Waals surface area contributed by atoms with Crippen LogP contribution in [0.25, 0.3) is 20.8 Å². The van der Waals surface area contributed by atoms with Crippen molar-refractivity contribution in [3.8, 4) is 10.6 Å². The molecule has 28 heavy (non-hydrogen) atoms. The Balaban J connectivity index is 1.67. The van der Waals surface area contributed by atoms with Gasteiger partial charge in [0.2, 0.25) is 0 Å². The van der Waals surface area contributed by atoms with Crippen LogP contribution in [0.2, 0.25) is 5.02 Å². The Hall–Kier alpha value is -2.41. The molecule has 0 aliphatic heterocycles. The van der Waals surface area contributed by atoms with Gasteiger partial charge in [0.1, 0.15) is 5.01 Å². The van der Waals surface area contributed by atoms with E-state index in [1.807, 2.05) is 19.1 Å². The Bertz CT molecular complexity index is 1300. The average molecular weight is 429 g/mol. The molecule has 0 atom stereocenters. The number of hydrogen-bond acceptors (Lipinski definition) is 4. The maximum atomic E-state index is 12.7. The maximum Gasteiger partial charge on any atom is 0.262 e. The number of benzene rings is 3. The van der Waals surface area contributed by atoms with Crippen LogP contribution in [0.15, 0.2) is 65.6 Å². The highest BCUT2D eigenvalue weighted by Gasteiger charge is 2.17. The second-order valence-corrected chi connectivity index (χ2v) is 9.64. The molecule has 1 N–H and O–H groups in total. The standard InChI is InChI=1S/C21H17ClN2O2S2/c1-13-7-10-18-19(11-13)27-21(23-18)16-9-8-15(12-17(16)22)24-28(25,26)20-6-4-3-5-14(20)2/h3-12,24H,1-2H3. The zero-order valence-corrected chi connectivity index (χ0v) is 17.6. The summed E-state index contributed by atoms with van der Waals surface area (Å²) >= 11 is 8.02. The minimum absolute atomic E-state index is 0.247. The Morgan fingerprint density at radius 2 is 1.79 bits per heavy atom. The number of aryl methyl sites for hydroxylation is 2. The lowest BCUT2D eigenvalue weighted by molar-refractivity contribution is 0.600. The quantitative estimate of drug-likeness (QED) is 0.431. The van der Waals surface area contributed by atoms with Crippen molar-refractivity contribution in [3.63, 3.8) is 0 Å². The van der Waals surface area contributed by atoms with Gasteiger partial charge < -0.3 is 0 Å². The second-order valence-electron chi connectivity index (χ2n) is 6.56. The predicted molar refractivity (Wildman–Crippen MR) is 117 cm³/mol. The van der Waals surface area contributed by atoms with Gasteiger partial charge in [-0.3, -0.25) is 4.72 Å². The molecule has 1 aromatic heterocycles. The lowest BCUT2D eigenvalue weighted by Gasteiger charge is -2.11. The second kappa shape index (κ2) is 7.20. The van der Waals surface area contributed by atoms with Crippen molar-refractivity contribution in [3.05, 3.63) is 76.8 Å². The largest absolute Gasteiger partial charge is 0.280 e. The molecule has 0 amide bonds. The number of nitrogens with zero attached hydrogens (tertiary/aromatic N) is 1. The van der Waals surface area contributed by atoms with E-state index in [2.05, 4.69) is 15.8 Å². The number of hydrogen-bond donors (Lipinski definition) is 1. The van der Waals surface area contributed by atoms with Gasteiger partial charge in [0.05, 0.1) is 25.8 Å². The van der Waals surface area contributed by atoms with Crippen LogP contribution >= 0.6 is 22.9 Å². The van der Waals surface area contributed by atoms with Crippen molar-refractivity contribution in [2.24, 2.45) is 0 Å². The summed E-state index contributed by atoms with van der Waals surface area (Å²) in [5, 5.41) is 1.25. The van der Waals surface area contributed by atoms with Gasteiger partial charge in [-0.25, -0.2) is 13.4 Å². The monoisotopic (exact) mass is 428 g/mol. The van der Waals surface area contributed by atoms with E-state index >= 15 is 0 Å². The zero-order chi connectivity index (χ0) is 19.9. The summed E-state index contributed by atoms with van der Waals surface area (Å²) in [5.74, 6) is 0. The number of fused-ring (bicyclic) bond motifs is 1. The summed E-state index contributed by atoms with van der Waals surface area (Å²) in [4.78, 5) is 4.89. The van der Waals surface area contributed by atoms with Crippen molar-refractivity contribution < 1.29 is 8.42 Å². The molecule has 0 fully saturated rings. The highest BCUT2D eigenvalue weighted by Crippen LogP contribution is 2.36. The fourth-order valence-electron chi connectivity index (χ4n) is 2.97. The van der Waals surface area contributed by atoms with E-state index in [1.165, 1.54) is 5.56 Å². The Kier molecular flexibility index (Phi) is 4.87. The van der Waals surface area contributed by atoms with Crippen molar-refractivity contribution in [2.45, 2.75) is 18.7 Å². The van der Waals surface area contributed by atoms with E-state index in [1.54, 1.807) is 60.7 Å². The lowest BCUT2D eigenvalue weighted by atomic mass is 10.2. The summed E-state index contributed by atoms with van der Waals surface area (Å²) in [7, 11) is -3.69. The zero-order valence-electron chi connectivity index (χ0n) is 15.2. The van der Waals surface area contributed by atoms with Crippen LogP contribution in [0.5, 0.6) is 0 Å². The number of halogens is 1. The molecule has 0 spiro atoms. The van der Waals surface area contributed by atoms with E-state index in [4.69, 9.17) is 11.6 Å².